The predicted molar refractivity (Wildman–Crippen MR) is 93.0 cm³/mol. The van der Waals surface area contributed by atoms with Gasteiger partial charge in [-0.1, -0.05) is 6.07 Å². The first-order chi connectivity index (χ1) is 10.7. The number of nitrogens with one attached hydrogen (secondary N) is 1. The van der Waals surface area contributed by atoms with E-state index in [2.05, 4.69) is 39.4 Å². The molecule has 120 valence electrons. The normalized spacial score (nSPS) is 35.8. The molecule has 22 heavy (non-hydrogen) atoms. The summed E-state index contributed by atoms with van der Waals surface area (Å²) < 4.78 is 6.66. The summed E-state index contributed by atoms with van der Waals surface area (Å²) in [5, 5.41) is 3.90. The van der Waals surface area contributed by atoms with Gasteiger partial charge in [-0.25, -0.2) is 0 Å². The van der Waals surface area contributed by atoms with Crippen LogP contribution in [0.5, 0.6) is 5.75 Å². The van der Waals surface area contributed by atoms with Crippen molar-refractivity contribution in [2.45, 2.75) is 51.6 Å². The van der Waals surface area contributed by atoms with Crippen LogP contribution in [-0.2, 0) is 6.54 Å². The van der Waals surface area contributed by atoms with E-state index in [0.717, 1.165) is 46.5 Å². The smallest absolute Gasteiger partial charge is 0.133 e. The first-order valence-corrected chi connectivity index (χ1v) is 9.66. The van der Waals surface area contributed by atoms with Crippen molar-refractivity contribution < 1.29 is 4.74 Å². The van der Waals surface area contributed by atoms with E-state index < -0.39 is 0 Å². The quantitative estimate of drug-likeness (QED) is 0.813. The molecule has 0 aromatic heterocycles. The number of rotatable bonds is 5. The Bertz CT molecular complexity index is 516. The minimum absolute atomic E-state index is 0.712. The third-order valence-corrected chi connectivity index (χ3v) is 6.68. The van der Waals surface area contributed by atoms with Gasteiger partial charge in [-0.15, -0.1) is 0 Å². The molecular formula is C19H26BrNO. The molecule has 0 aliphatic heterocycles. The minimum atomic E-state index is 0.712. The van der Waals surface area contributed by atoms with Crippen molar-refractivity contribution in [1.82, 2.24) is 5.32 Å². The second-order valence-electron chi connectivity index (χ2n) is 7.54. The van der Waals surface area contributed by atoms with Gasteiger partial charge in [-0.3, -0.25) is 0 Å². The van der Waals surface area contributed by atoms with Gasteiger partial charge in [0.2, 0.25) is 0 Å². The van der Waals surface area contributed by atoms with Crippen molar-refractivity contribution >= 4 is 15.9 Å². The predicted octanol–water partition coefficient (Wildman–Crippen LogP) is 4.76. The molecular weight excluding hydrogens is 338 g/mol. The summed E-state index contributed by atoms with van der Waals surface area (Å²) >= 11 is 3.62. The van der Waals surface area contributed by atoms with Crippen molar-refractivity contribution in [1.29, 1.82) is 0 Å². The van der Waals surface area contributed by atoms with Gasteiger partial charge in [0, 0.05) is 12.6 Å². The zero-order chi connectivity index (χ0) is 15.1. The first-order valence-electron chi connectivity index (χ1n) is 8.87. The highest BCUT2D eigenvalue weighted by Gasteiger charge is 2.47. The highest BCUT2D eigenvalue weighted by atomic mass is 79.9. The maximum atomic E-state index is 5.60. The zero-order valence-corrected chi connectivity index (χ0v) is 14.9. The van der Waals surface area contributed by atoms with Crippen LogP contribution in [0.3, 0.4) is 0 Å². The van der Waals surface area contributed by atoms with Gasteiger partial charge < -0.3 is 10.1 Å². The van der Waals surface area contributed by atoms with Crippen molar-refractivity contribution in [2.24, 2.45) is 23.7 Å². The molecule has 1 aromatic carbocycles. The van der Waals surface area contributed by atoms with E-state index in [9.17, 15) is 0 Å². The Morgan fingerprint density at radius 3 is 2.36 bits per heavy atom. The van der Waals surface area contributed by atoms with E-state index in [-0.39, 0.29) is 0 Å². The van der Waals surface area contributed by atoms with E-state index >= 15 is 0 Å². The molecule has 4 fully saturated rings. The van der Waals surface area contributed by atoms with Crippen LogP contribution >= 0.6 is 15.9 Å². The second kappa shape index (κ2) is 6.16. The molecule has 4 aliphatic rings. The fourth-order valence-corrected chi connectivity index (χ4v) is 5.96. The van der Waals surface area contributed by atoms with Crippen molar-refractivity contribution in [3.63, 3.8) is 0 Å². The fraction of sp³-hybridized carbons (Fsp3) is 0.684. The molecule has 4 saturated carbocycles. The lowest BCUT2D eigenvalue weighted by Gasteiger charge is -2.54. The molecule has 0 radical (unpaired) electrons. The monoisotopic (exact) mass is 363 g/mol. The summed E-state index contributed by atoms with van der Waals surface area (Å²) in [6, 6.07) is 7.24. The van der Waals surface area contributed by atoms with E-state index in [1.165, 1.54) is 37.7 Å². The molecule has 1 N–H and O–H groups in total. The topological polar surface area (TPSA) is 21.3 Å². The Hall–Kier alpha value is -0.540. The van der Waals surface area contributed by atoms with Crippen molar-refractivity contribution in [2.75, 3.05) is 6.61 Å². The summed E-state index contributed by atoms with van der Waals surface area (Å²) in [6.07, 6.45) is 7.47. The molecule has 0 saturated heterocycles. The Balaban J connectivity index is 1.39. The molecule has 0 amide bonds. The summed E-state index contributed by atoms with van der Waals surface area (Å²) in [4.78, 5) is 0. The Kier molecular flexibility index (Phi) is 4.21. The number of hydrogen-bond acceptors (Lipinski definition) is 2. The van der Waals surface area contributed by atoms with Crippen LogP contribution in [-0.4, -0.2) is 12.6 Å². The van der Waals surface area contributed by atoms with Gasteiger partial charge in [-0.2, -0.15) is 0 Å². The van der Waals surface area contributed by atoms with E-state index in [1.807, 2.05) is 6.92 Å². The van der Waals surface area contributed by atoms with Crippen LogP contribution in [0, 0.1) is 23.7 Å². The number of benzene rings is 1. The molecule has 3 heteroatoms. The first kappa shape index (κ1) is 15.0. The number of hydrogen-bond donors (Lipinski definition) is 1. The highest BCUT2D eigenvalue weighted by Crippen LogP contribution is 2.53. The number of ether oxygens (including phenoxy) is 1. The molecule has 4 bridgehead atoms. The summed E-state index contributed by atoms with van der Waals surface area (Å²) in [7, 11) is 0. The van der Waals surface area contributed by atoms with Crippen LogP contribution in [0.2, 0.25) is 0 Å². The maximum Gasteiger partial charge on any atom is 0.133 e. The molecule has 0 heterocycles. The van der Waals surface area contributed by atoms with Crippen LogP contribution in [0.1, 0.15) is 44.6 Å². The summed E-state index contributed by atoms with van der Waals surface area (Å²) in [6.45, 7) is 3.72. The molecule has 2 nitrogen and oxygen atoms in total. The van der Waals surface area contributed by atoms with Gasteiger partial charge in [-0.05, 0) is 96.3 Å². The lowest BCUT2D eigenvalue weighted by atomic mass is 9.54. The van der Waals surface area contributed by atoms with Gasteiger partial charge in [0.05, 0.1) is 11.1 Å². The Morgan fingerprint density at radius 2 is 1.77 bits per heavy atom. The maximum absolute atomic E-state index is 5.60. The molecule has 0 atom stereocenters. The standard InChI is InChI=1S/C19H26BrNO/c1-2-22-18-4-3-12(10-17(18)20)11-21-19-15-6-13-5-14(8-15)9-16(19)7-13/h3-4,10,13-16,19,21H,2,5-9,11H2,1H3. The second-order valence-corrected chi connectivity index (χ2v) is 8.39. The van der Waals surface area contributed by atoms with Crippen LogP contribution < -0.4 is 10.1 Å². The molecule has 5 rings (SSSR count). The Morgan fingerprint density at radius 1 is 1.09 bits per heavy atom. The van der Waals surface area contributed by atoms with Gasteiger partial charge in [0.15, 0.2) is 0 Å². The van der Waals surface area contributed by atoms with E-state index in [4.69, 9.17) is 4.74 Å². The van der Waals surface area contributed by atoms with Gasteiger partial charge >= 0.3 is 0 Å². The minimum Gasteiger partial charge on any atom is -0.493 e. The van der Waals surface area contributed by atoms with Crippen LogP contribution in [0.25, 0.3) is 0 Å². The SMILES string of the molecule is CCOc1ccc(CNC2C3CC4CC(C3)CC2C4)cc1Br. The lowest BCUT2D eigenvalue weighted by Crippen LogP contribution is -2.54. The van der Waals surface area contributed by atoms with Crippen LogP contribution in [0.15, 0.2) is 22.7 Å². The highest BCUT2D eigenvalue weighted by molar-refractivity contribution is 9.10. The average molecular weight is 364 g/mol. The van der Waals surface area contributed by atoms with E-state index in [0.29, 0.717) is 6.61 Å². The van der Waals surface area contributed by atoms with Gasteiger partial charge in [0.1, 0.15) is 5.75 Å². The third-order valence-electron chi connectivity index (χ3n) is 6.06. The van der Waals surface area contributed by atoms with E-state index in [1.54, 1.807) is 0 Å². The largest absolute Gasteiger partial charge is 0.493 e. The molecule has 0 spiro atoms. The van der Waals surface area contributed by atoms with Gasteiger partial charge in [0.25, 0.3) is 0 Å². The molecule has 4 aliphatic carbocycles. The average Bonchev–Trinajstić information content (AvgIpc) is 2.48. The molecule has 0 unspecified atom stereocenters. The Labute approximate surface area is 142 Å². The molecule has 1 aromatic rings. The van der Waals surface area contributed by atoms with Crippen LogP contribution in [0.4, 0.5) is 0 Å². The lowest BCUT2D eigenvalue weighted by molar-refractivity contribution is -0.0142. The van der Waals surface area contributed by atoms with Crippen molar-refractivity contribution in [3.8, 4) is 5.75 Å². The fourth-order valence-electron chi connectivity index (χ4n) is 5.42. The summed E-state index contributed by atoms with van der Waals surface area (Å²) in [5.74, 6) is 4.95. The third kappa shape index (κ3) is 2.82. The summed E-state index contributed by atoms with van der Waals surface area (Å²) in [5.41, 5.74) is 1.35. The van der Waals surface area contributed by atoms with Crippen molar-refractivity contribution in [3.05, 3.63) is 28.2 Å². The zero-order valence-electron chi connectivity index (χ0n) is 13.4. The number of halogens is 1.